The molecule has 0 atom stereocenters. The minimum absolute atomic E-state index is 0.0775. The highest BCUT2D eigenvalue weighted by molar-refractivity contribution is 7.13. The van der Waals surface area contributed by atoms with Crippen molar-refractivity contribution in [2.24, 2.45) is 0 Å². The van der Waals surface area contributed by atoms with Gasteiger partial charge in [0, 0.05) is 13.0 Å². The number of hydrogen-bond acceptors (Lipinski definition) is 8. The first-order chi connectivity index (χ1) is 13.2. The molecule has 0 N–H and O–H groups in total. The molecule has 138 valence electrons. The minimum Gasteiger partial charge on any atom is -0.452 e. The third-order valence-electron chi connectivity index (χ3n) is 4.04. The van der Waals surface area contributed by atoms with Gasteiger partial charge in [0.05, 0.1) is 27.7 Å². The van der Waals surface area contributed by atoms with E-state index in [1.165, 1.54) is 0 Å². The SMILES string of the molecule is CCc1nnc(COC(=O)c2cc(-c3cccs3)nc3c2cnn3CC)o1. The summed E-state index contributed by atoms with van der Waals surface area (Å²) in [6, 6.07) is 5.65. The van der Waals surface area contributed by atoms with E-state index < -0.39 is 5.97 Å². The van der Waals surface area contributed by atoms with Crippen molar-refractivity contribution in [3.05, 3.63) is 47.1 Å². The lowest BCUT2D eigenvalue weighted by atomic mass is 10.1. The summed E-state index contributed by atoms with van der Waals surface area (Å²) in [6.07, 6.45) is 2.27. The Balaban J connectivity index is 1.68. The molecule has 4 aromatic heterocycles. The van der Waals surface area contributed by atoms with Crippen LogP contribution in [0.15, 0.2) is 34.2 Å². The van der Waals surface area contributed by atoms with Gasteiger partial charge < -0.3 is 9.15 Å². The first kappa shape index (κ1) is 17.3. The lowest BCUT2D eigenvalue weighted by Crippen LogP contribution is -2.07. The molecule has 4 heterocycles. The number of nitrogens with zero attached hydrogens (tertiary/aromatic N) is 5. The van der Waals surface area contributed by atoms with Crippen molar-refractivity contribution in [2.75, 3.05) is 0 Å². The van der Waals surface area contributed by atoms with Gasteiger partial charge >= 0.3 is 5.97 Å². The van der Waals surface area contributed by atoms with Crippen molar-refractivity contribution < 1.29 is 13.9 Å². The van der Waals surface area contributed by atoms with Crippen LogP contribution in [0.3, 0.4) is 0 Å². The number of carbonyl (C=O) groups excluding carboxylic acids is 1. The molecule has 0 aliphatic rings. The van der Waals surface area contributed by atoms with E-state index in [1.54, 1.807) is 28.3 Å². The van der Waals surface area contributed by atoms with Crippen LogP contribution < -0.4 is 0 Å². The standard InChI is InChI=1S/C18H17N5O3S/c1-3-15-21-22-16(26-15)10-25-18(24)11-8-13(14-6-5-7-27-14)20-17-12(11)9-19-23(17)4-2/h5-9H,3-4,10H2,1-2H3. The van der Waals surface area contributed by atoms with Crippen LogP contribution in [0.4, 0.5) is 0 Å². The van der Waals surface area contributed by atoms with Gasteiger partial charge in [0.15, 0.2) is 12.3 Å². The monoisotopic (exact) mass is 383 g/mol. The molecule has 4 rings (SSSR count). The zero-order valence-corrected chi connectivity index (χ0v) is 15.7. The van der Waals surface area contributed by atoms with Gasteiger partial charge in [0.1, 0.15) is 0 Å². The van der Waals surface area contributed by atoms with E-state index in [0.717, 1.165) is 4.88 Å². The van der Waals surface area contributed by atoms with E-state index >= 15 is 0 Å². The summed E-state index contributed by atoms with van der Waals surface area (Å²) >= 11 is 1.56. The quantitative estimate of drug-likeness (QED) is 0.470. The molecule has 9 heteroatoms. The maximum absolute atomic E-state index is 12.8. The van der Waals surface area contributed by atoms with Gasteiger partial charge in [-0.1, -0.05) is 13.0 Å². The Kier molecular flexibility index (Phi) is 4.68. The highest BCUT2D eigenvalue weighted by Gasteiger charge is 2.19. The van der Waals surface area contributed by atoms with Crippen molar-refractivity contribution in [3.8, 4) is 10.6 Å². The normalized spacial score (nSPS) is 11.2. The number of rotatable bonds is 6. The van der Waals surface area contributed by atoms with Gasteiger partial charge in [-0.3, -0.25) is 0 Å². The lowest BCUT2D eigenvalue weighted by molar-refractivity contribution is 0.0439. The molecule has 0 aliphatic heterocycles. The van der Waals surface area contributed by atoms with Gasteiger partial charge in [-0.2, -0.15) is 5.10 Å². The van der Waals surface area contributed by atoms with E-state index in [4.69, 9.17) is 9.15 Å². The highest BCUT2D eigenvalue weighted by atomic mass is 32.1. The third kappa shape index (κ3) is 3.33. The second kappa shape index (κ2) is 7.28. The Hall–Kier alpha value is -3.07. The Morgan fingerprint density at radius 3 is 2.85 bits per heavy atom. The van der Waals surface area contributed by atoms with Gasteiger partial charge in [-0.25, -0.2) is 14.5 Å². The maximum atomic E-state index is 12.8. The summed E-state index contributed by atoms with van der Waals surface area (Å²) in [4.78, 5) is 18.4. The first-order valence-corrected chi connectivity index (χ1v) is 9.46. The van der Waals surface area contributed by atoms with E-state index in [2.05, 4.69) is 20.3 Å². The zero-order valence-electron chi connectivity index (χ0n) is 14.9. The third-order valence-corrected chi connectivity index (χ3v) is 4.93. The van der Waals surface area contributed by atoms with Crippen molar-refractivity contribution in [2.45, 2.75) is 33.4 Å². The molecule has 0 saturated heterocycles. The van der Waals surface area contributed by atoms with Crippen LogP contribution in [0.5, 0.6) is 0 Å². The van der Waals surface area contributed by atoms with Gasteiger partial charge in [-0.15, -0.1) is 21.5 Å². The molecule has 0 radical (unpaired) electrons. The van der Waals surface area contributed by atoms with Crippen LogP contribution in [0.1, 0.15) is 36.0 Å². The second-order valence-electron chi connectivity index (χ2n) is 5.75. The molecular formula is C18H17N5O3S. The maximum Gasteiger partial charge on any atom is 0.339 e. The fourth-order valence-electron chi connectivity index (χ4n) is 2.69. The average Bonchev–Trinajstić information content (AvgIpc) is 3.45. The first-order valence-electron chi connectivity index (χ1n) is 8.58. The molecular weight excluding hydrogens is 366 g/mol. The number of fused-ring (bicyclic) bond motifs is 1. The molecule has 0 fully saturated rings. The summed E-state index contributed by atoms with van der Waals surface area (Å²) < 4.78 is 12.5. The fraction of sp³-hybridized carbons (Fsp3) is 0.278. The van der Waals surface area contributed by atoms with Crippen LogP contribution in [-0.2, 0) is 24.3 Å². The fourth-order valence-corrected chi connectivity index (χ4v) is 3.38. The molecule has 0 aliphatic carbocycles. The topological polar surface area (TPSA) is 95.9 Å². The van der Waals surface area contributed by atoms with Gasteiger partial charge in [0.25, 0.3) is 5.89 Å². The number of thiophene rings is 1. The summed E-state index contributed by atoms with van der Waals surface area (Å²) in [6.45, 7) is 4.46. The van der Waals surface area contributed by atoms with Crippen molar-refractivity contribution in [1.29, 1.82) is 0 Å². The Bertz CT molecular complexity index is 1080. The molecule has 0 bridgehead atoms. The highest BCUT2D eigenvalue weighted by Crippen LogP contribution is 2.28. The van der Waals surface area contributed by atoms with Crippen LogP contribution in [0.25, 0.3) is 21.6 Å². The molecule has 0 spiro atoms. The lowest BCUT2D eigenvalue weighted by Gasteiger charge is -2.07. The Morgan fingerprint density at radius 1 is 1.30 bits per heavy atom. The van der Waals surface area contributed by atoms with Crippen molar-refractivity contribution >= 4 is 28.3 Å². The smallest absolute Gasteiger partial charge is 0.339 e. The minimum atomic E-state index is -0.480. The van der Waals surface area contributed by atoms with Gasteiger partial charge in [-0.05, 0) is 24.4 Å². The Morgan fingerprint density at radius 2 is 2.15 bits per heavy atom. The number of pyridine rings is 1. The van der Waals surface area contributed by atoms with E-state index in [1.807, 2.05) is 31.4 Å². The molecule has 8 nitrogen and oxygen atoms in total. The Labute approximate surface area is 158 Å². The summed E-state index contributed by atoms with van der Waals surface area (Å²) in [5, 5.41) is 14.7. The number of aromatic nitrogens is 5. The number of hydrogen-bond donors (Lipinski definition) is 0. The van der Waals surface area contributed by atoms with E-state index in [-0.39, 0.29) is 12.5 Å². The summed E-state index contributed by atoms with van der Waals surface area (Å²) in [5.41, 5.74) is 1.78. The number of ether oxygens (including phenoxy) is 1. The predicted octanol–water partition coefficient (Wildman–Crippen LogP) is 3.48. The summed E-state index contributed by atoms with van der Waals surface area (Å²) in [7, 11) is 0. The van der Waals surface area contributed by atoms with Crippen molar-refractivity contribution in [3.63, 3.8) is 0 Å². The zero-order chi connectivity index (χ0) is 18.8. The van der Waals surface area contributed by atoms with Crippen LogP contribution in [0.2, 0.25) is 0 Å². The van der Waals surface area contributed by atoms with Crippen LogP contribution >= 0.6 is 11.3 Å². The van der Waals surface area contributed by atoms with E-state index in [9.17, 15) is 4.79 Å². The number of esters is 1. The molecule has 0 aromatic carbocycles. The molecule has 27 heavy (non-hydrogen) atoms. The molecule has 0 unspecified atom stereocenters. The van der Waals surface area contributed by atoms with Crippen molar-refractivity contribution in [1.82, 2.24) is 25.0 Å². The van der Waals surface area contributed by atoms with Gasteiger partial charge in [0.2, 0.25) is 5.89 Å². The average molecular weight is 383 g/mol. The number of aryl methyl sites for hydroxylation is 2. The molecule has 0 amide bonds. The molecule has 0 saturated carbocycles. The number of carbonyl (C=O) groups is 1. The summed E-state index contributed by atoms with van der Waals surface area (Å²) in [5.74, 6) is 0.303. The predicted molar refractivity (Wildman–Crippen MR) is 99.3 cm³/mol. The van der Waals surface area contributed by atoms with Crippen LogP contribution in [0, 0.1) is 0 Å². The largest absolute Gasteiger partial charge is 0.452 e. The molecule has 4 aromatic rings. The second-order valence-corrected chi connectivity index (χ2v) is 6.70. The van der Waals surface area contributed by atoms with E-state index in [0.29, 0.717) is 41.1 Å². The van der Waals surface area contributed by atoms with Crippen LogP contribution in [-0.4, -0.2) is 30.9 Å².